The standard InChI is InChI=1S/C75H108N4O13S/c1-11-13-15-17-19-21-23-25-27-29-31-33-35-37-59(80)90-67-50(4)68-69(88-48-87-68)62-56-46-86-72(82)75(53-44-57(84-9)58(43-51(53)39-40-77-75)89-73(83)92-74(5,6)7)47-93-71(63(62)67)65-64-61-52(42-54(78(64)8)55(45-76)79(56)65)41-49(3)66(85-10)70(61)91-60(81)38-36-34-32-30-28-26-24-22-20-18-16-14-12-2/h41,43-44,54-56,64-65,71,77H,11-40,42,46-48H2,1-10H3/t54-,55-,56-,64+,65?,71+,75+/m0/s1. The number of carbonyl (C=O) groups is 4. The molecule has 10 rings (SSSR count). The molecule has 7 aliphatic heterocycles. The van der Waals surface area contributed by atoms with Crippen LogP contribution in [0, 0.1) is 25.2 Å². The first-order valence-electron chi connectivity index (χ1n) is 35.6. The molecular weight excluding hydrogens is 1200 g/mol. The van der Waals surface area contributed by atoms with E-state index in [2.05, 4.69) is 48.1 Å². The van der Waals surface area contributed by atoms with Crippen LogP contribution in [-0.2, 0) is 42.2 Å². The smallest absolute Gasteiger partial charge is 0.493 e. The van der Waals surface area contributed by atoms with Crippen LogP contribution in [0.4, 0.5) is 4.79 Å². The van der Waals surface area contributed by atoms with Crippen molar-refractivity contribution < 1.29 is 61.8 Å². The molecule has 2 saturated heterocycles. The zero-order valence-corrected chi connectivity index (χ0v) is 58.6. The number of carbonyl (C=O) groups excluding carboxylic acids is 4. The third-order valence-electron chi connectivity index (χ3n) is 20.1. The molecule has 18 heteroatoms. The van der Waals surface area contributed by atoms with Gasteiger partial charge in [-0.1, -0.05) is 174 Å². The maximum atomic E-state index is 15.6. The van der Waals surface area contributed by atoms with Crippen LogP contribution in [0.2, 0.25) is 0 Å². The number of piperazine rings is 1. The highest BCUT2D eigenvalue weighted by atomic mass is 32.2. The molecule has 1 N–H and O–H groups in total. The Morgan fingerprint density at radius 1 is 0.677 bits per heavy atom. The summed E-state index contributed by atoms with van der Waals surface area (Å²) in [6, 6.07) is 5.22. The van der Waals surface area contributed by atoms with Gasteiger partial charge in [0, 0.05) is 59.5 Å². The van der Waals surface area contributed by atoms with E-state index in [0.29, 0.717) is 83.2 Å². The maximum Gasteiger partial charge on any atom is 0.514 e. The zero-order chi connectivity index (χ0) is 66.2. The molecule has 17 nitrogen and oxygen atoms in total. The number of thioether (sulfide) groups is 1. The lowest BCUT2D eigenvalue weighted by molar-refractivity contribution is -0.157. The first kappa shape index (κ1) is 71.6. The van der Waals surface area contributed by atoms with Crippen molar-refractivity contribution in [2.45, 2.75) is 288 Å². The number of nitrogens with zero attached hydrogens (tertiary/aromatic N) is 3. The van der Waals surface area contributed by atoms with E-state index in [0.717, 1.165) is 60.8 Å². The Labute approximate surface area is 559 Å². The molecule has 0 radical (unpaired) electrons. The Morgan fingerprint density at radius 2 is 1.24 bits per heavy atom. The predicted octanol–water partition coefficient (Wildman–Crippen LogP) is 16.7. The molecule has 7 heterocycles. The number of methoxy groups -OCH3 is 2. The number of ether oxygens (including phenoxy) is 9. The van der Waals surface area contributed by atoms with Crippen LogP contribution >= 0.6 is 11.8 Å². The number of likely N-dealkylation sites (N-methyl/N-ethyl adjacent to an activating group) is 1. The molecule has 3 aromatic carbocycles. The number of benzene rings is 3. The van der Waals surface area contributed by atoms with E-state index in [9.17, 15) is 19.6 Å². The van der Waals surface area contributed by atoms with Gasteiger partial charge in [0.25, 0.3) is 0 Å². The molecule has 2 fully saturated rings. The predicted molar refractivity (Wildman–Crippen MR) is 362 cm³/mol. The summed E-state index contributed by atoms with van der Waals surface area (Å²) in [6.07, 6.45) is 31.3. The van der Waals surface area contributed by atoms with Gasteiger partial charge in [-0.15, -0.1) is 11.8 Å². The van der Waals surface area contributed by atoms with E-state index >= 15 is 4.79 Å². The van der Waals surface area contributed by atoms with Crippen molar-refractivity contribution in [2.75, 3.05) is 47.0 Å². The van der Waals surface area contributed by atoms with E-state index in [-0.39, 0.29) is 61.5 Å². The topological polar surface area (TPSA) is 194 Å². The lowest BCUT2D eigenvalue weighted by atomic mass is 9.71. The van der Waals surface area contributed by atoms with Crippen molar-refractivity contribution in [3.8, 4) is 46.3 Å². The SMILES string of the molecule is CCCCCCCCCCCCCCCC(=O)Oc1c(C)c2c(c3c1[C@H]1SC[C@]4(NCCc5cc(OC(=O)OC(C)(C)C)c(OC)cc54)C(=O)OC[C@@H]3N3C1[C@H]1c4c(cc(C)c(OC)c4OC(=O)CCCCCCCCCCCCCCC)C[C@@H]([C@@H]3C#N)N1C)OCO2. The normalized spacial score (nSPS) is 22.0. The van der Waals surface area contributed by atoms with Gasteiger partial charge in [0.15, 0.2) is 40.0 Å². The van der Waals surface area contributed by atoms with Crippen molar-refractivity contribution in [2.24, 2.45) is 0 Å². The highest BCUT2D eigenvalue weighted by Gasteiger charge is 2.62. The van der Waals surface area contributed by atoms with Crippen LogP contribution in [0.5, 0.6) is 40.2 Å². The minimum atomic E-state index is -1.49. The second-order valence-electron chi connectivity index (χ2n) is 28.0. The van der Waals surface area contributed by atoms with Crippen LogP contribution in [0.25, 0.3) is 0 Å². The first-order chi connectivity index (χ1) is 45.0. The number of aryl methyl sites for hydroxylation is 1. The molecule has 93 heavy (non-hydrogen) atoms. The molecule has 1 spiro atoms. The third kappa shape index (κ3) is 16.7. The van der Waals surface area contributed by atoms with E-state index < -0.39 is 52.7 Å². The second kappa shape index (κ2) is 33.8. The molecule has 0 aliphatic carbocycles. The Morgan fingerprint density at radius 3 is 1.78 bits per heavy atom. The van der Waals surface area contributed by atoms with E-state index in [4.69, 9.17) is 42.6 Å². The van der Waals surface area contributed by atoms with Crippen LogP contribution in [0.3, 0.4) is 0 Å². The average molecular weight is 1310 g/mol. The monoisotopic (exact) mass is 1300 g/mol. The van der Waals surface area contributed by atoms with Crippen molar-refractivity contribution in [1.82, 2.24) is 15.1 Å². The average Bonchev–Trinajstić information content (AvgIpc) is 1.34. The largest absolute Gasteiger partial charge is 0.514 e. The summed E-state index contributed by atoms with van der Waals surface area (Å²) in [7, 11) is 5.14. The second-order valence-corrected chi connectivity index (χ2v) is 29.1. The quantitative estimate of drug-likeness (QED) is 0.0262. The summed E-state index contributed by atoms with van der Waals surface area (Å²) < 4.78 is 56.7. The number of nitrogens with one attached hydrogen (secondary N) is 1. The van der Waals surface area contributed by atoms with Crippen molar-refractivity contribution in [1.29, 1.82) is 5.26 Å². The molecule has 7 atom stereocenters. The Balaban J connectivity index is 1.07. The molecule has 7 aliphatic rings. The molecule has 512 valence electrons. The Hall–Kier alpha value is -5.74. The maximum absolute atomic E-state index is 15.6. The summed E-state index contributed by atoms with van der Waals surface area (Å²) in [4.78, 5) is 62.4. The minimum Gasteiger partial charge on any atom is -0.493 e. The van der Waals surface area contributed by atoms with E-state index in [1.54, 1.807) is 40.0 Å². The Bertz CT molecular complexity index is 3100. The lowest BCUT2D eigenvalue weighted by Crippen LogP contribution is -2.69. The van der Waals surface area contributed by atoms with Crippen molar-refractivity contribution in [3.63, 3.8) is 0 Å². The van der Waals surface area contributed by atoms with Crippen LogP contribution < -0.4 is 38.5 Å². The highest BCUT2D eigenvalue weighted by Crippen LogP contribution is 2.65. The van der Waals surface area contributed by atoms with Crippen LogP contribution in [-0.4, -0.2) is 105 Å². The van der Waals surface area contributed by atoms with Crippen LogP contribution in [0.15, 0.2) is 18.2 Å². The first-order valence-corrected chi connectivity index (χ1v) is 36.7. The molecule has 1 unspecified atom stereocenters. The van der Waals surface area contributed by atoms with Gasteiger partial charge < -0.3 is 42.6 Å². The summed E-state index contributed by atoms with van der Waals surface area (Å²) in [6.45, 7) is 13.7. The van der Waals surface area contributed by atoms with Gasteiger partial charge in [-0.3, -0.25) is 24.7 Å². The van der Waals surface area contributed by atoms with E-state index in [1.165, 1.54) is 134 Å². The summed E-state index contributed by atoms with van der Waals surface area (Å²) in [5, 5.41) is 14.7. The molecule has 4 bridgehead atoms. The number of fused-ring (bicyclic) bond motifs is 9. The lowest BCUT2D eigenvalue weighted by Gasteiger charge is -2.62. The number of hydrogen-bond acceptors (Lipinski definition) is 18. The van der Waals surface area contributed by atoms with Crippen molar-refractivity contribution in [3.05, 3.63) is 62.7 Å². The molecular formula is C75H108N4O13S. The number of hydrogen-bond donors (Lipinski definition) is 1. The van der Waals surface area contributed by atoms with Crippen LogP contribution in [0.1, 0.15) is 276 Å². The van der Waals surface area contributed by atoms with Gasteiger partial charge in [0.1, 0.15) is 24.0 Å². The zero-order valence-electron chi connectivity index (χ0n) is 57.8. The Kier molecular flexibility index (Phi) is 26.0. The number of esters is 3. The fraction of sp³-hybridized carbons (Fsp3) is 0.693. The van der Waals surface area contributed by atoms with Gasteiger partial charge in [-0.25, -0.2) is 9.59 Å². The van der Waals surface area contributed by atoms with Gasteiger partial charge >= 0.3 is 24.1 Å². The summed E-state index contributed by atoms with van der Waals surface area (Å²) in [5.41, 5.74) is 3.54. The van der Waals surface area contributed by atoms with Gasteiger partial charge in [0.2, 0.25) is 6.79 Å². The molecule has 3 aromatic rings. The summed E-state index contributed by atoms with van der Waals surface area (Å²) in [5.74, 6) is 1.29. The number of unbranched alkanes of at least 4 members (excludes halogenated alkanes) is 24. The van der Waals surface area contributed by atoms with Crippen molar-refractivity contribution >= 4 is 35.8 Å². The van der Waals surface area contributed by atoms with Gasteiger partial charge in [-0.2, -0.15) is 5.26 Å². The fourth-order valence-corrected chi connectivity index (χ4v) is 17.1. The fourth-order valence-electron chi connectivity index (χ4n) is 15.4. The third-order valence-corrected chi connectivity index (χ3v) is 21.6. The minimum absolute atomic E-state index is 0.0787. The molecule has 0 saturated carbocycles. The highest BCUT2D eigenvalue weighted by molar-refractivity contribution is 7.99. The summed E-state index contributed by atoms with van der Waals surface area (Å²) >= 11 is 1.51. The van der Waals surface area contributed by atoms with Gasteiger partial charge in [-0.05, 0) is 102 Å². The number of rotatable bonds is 33. The number of nitriles is 1. The molecule has 0 amide bonds. The molecule has 0 aromatic heterocycles. The van der Waals surface area contributed by atoms with Gasteiger partial charge in [0.05, 0.1) is 37.6 Å². The van der Waals surface area contributed by atoms with E-state index in [1.807, 2.05) is 13.8 Å².